The largest absolute Gasteiger partial charge is 0.396 e. The van der Waals surface area contributed by atoms with Crippen molar-refractivity contribution < 1.29 is 4.79 Å². The van der Waals surface area contributed by atoms with Gasteiger partial charge in [0, 0.05) is 36.9 Å². The number of anilines is 1. The summed E-state index contributed by atoms with van der Waals surface area (Å²) >= 11 is 0. The Balaban J connectivity index is 1.64. The molecular formula is C15H17N5O. The van der Waals surface area contributed by atoms with Crippen LogP contribution in [0.3, 0.4) is 0 Å². The summed E-state index contributed by atoms with van der Waals surface area (Å²) in [6.45, 7) is 0.538. The van der Waals surface area contributed by atoms with Gasteiger partial charge in [-0.1, -0.05) is 18.2 Å². The molecule has 3 rings (SSSR count). The average Bonchev–Trinajstić information content (AvgIpc) is 3.02. The van der Waals surface area contributed by atoms with E-state index >= 15 is 0 Å². The number of H-pyrrole nitrogens is 1. The van der Waals surface area contributed by atoms with Gasteiger partial charge in [-0.25, -0.2) is 0 Å². The quantitative estimate of drug-likeness (QED) is 0.677. The first-order valence-electron chi connectivity index (χ1n) is 6.77. The minimum Gasteiger partial charge on any atom is -0.396 e. The smallest absolute Gasteiger partial charge is 0.273 e. The van der Waals surface area contributed by atoms with Gasteiger partial charge in [0.1, 0.15) is 0 Å². The van der Waals surface area contributed by atoms with Crippen molar-refractivity contribution >= 4 is 22.5 Å². The number of hydrogen-bond donors (Lipinski definition) is 3. The molecule has 1 aromatic carbocycles. The standard InChI is InChI=1S/C15H17N5O/c1-20-9-12(16)14(19-20)15(21)17-7-6-10-8-18-13-5-3-2-4-11(10)13/h2-5,8-9,18H,6-7,16H2,1H3,(H,17,21). The summed E-state index contributed by atoms with van der Waals surface area (Å²) < 4.78 is 1.53. The zero-order valence-corrected chi connectivity index (χ0v) is 11.8. The number of hydrogen-bond acceptors (Lipinski definition) is 3. The number of benzene rings is 1. The number of nitrogens with zero attached hydrogens (tertiary/aromatic N) is 2. The Hall–Kier alpha value is -2.76. The summed E-state index contributed by atoms with van der Waals surface area (Å²) in [6, 6.07) is 8.10. The molecule has 0 aliphatic rings. The molecule has 0 saturated carbocycles. The van der Waals surface area contributed by atoms with Crippen LogP contribution in [0, 0.1) is 0 Å². The lowest BCUT2D eigenvalue weighted by Crippen LogP contribution is -2.26. The number of rotatable bonds is 4. The van der Waals surface area contributed by atoms with Crippen LogP contribution < -0.4 is 11.1 Å². The van der Waals surface area contributed by atoms with E-state index < -0.39 is 0 Å². The van der Waals surface area contributed by atoms with Gasteiger partial charge in [0.05, 0.1) is 5.69 Å². The minimum atomic E-state index is -0.243. The van der Waals surface area contributed by atoms with Gasteiger partial charge in [0.15, 0.2) is 5.69 Å². The molecule has 2 heterocycles. The van der Waals surface area contributed by atoms with E-state index in [2.05, 4.69) is 21.5 Å². The van der Waals surface area contributed by atoms with Gasteiger partial charge in [-0.15, -0.1) is 0 Å². The lowest BCUT2D eigenvalue weighted by molar-refractivity contribution is 0.0949. The molecule has 1 amide bonds. The van der Waals surface area contributed by atoms with Gasteiger partial charge < -0.3 is 16.0 Å². The van der Waals surface area contributed by atoms with Gasteiger partial charge in [0.25, 0.3) is 5.91 Å². The van der Waals surface area contributed by atoms with E-state index in [-0.39, 0.29) is 11.6 Å². The van der Waals surface area contributed by atoms with E-state index in [1.54, 1.807) is 13.2 Å². The molecule has 0 saturated heterocycles. The Morgan fingerprint density at radius 3 is 3.00 bits per heavy atom. The molecule has 0 aliphatic heterocycles. The second-order valence-electron chi connectivity index (χ2n) is 4.97. The Kier molecular flexibility index (Phi) is 3.35. The Morgan fingerprint density at radius 2 is 2.24 bits per heavy atom. The molecular weight excluding hydrogens is 266 g/mol. The van der Waals surface area contributed by atoms with E-state index in [4.69, 9.17) is 5.73 Å². The predicted molar refractivity (Wildman–Crippen MR) is 82.0 cm³/mol. The first-order chi connectivity index (χ1) is 10.1. The van der Waals surface area contributed by atoms with Crippen LogP contribution in [-0.2, 0) is 13.5 Å². The summed E-state index contributed by atoms with van der Waals surface area (Å²) in [7, 11) is 1.74. The van der Waals surface area contributed by atoms with Crippen LogP contribution in [0.1, 0.15) is 16.1 Å². The molecule has 0 unspecified atom stereocenters. The summed E-state index contributed by atoms with van der Waals surface area (Å²) in [6.07, 6.45) is 4.35. The maximum atomic E-state index is 12.0. The molecule has 2 aromatic heterocycles. The fourth-order valence-corrected chi connectivity index (χ4v) is 2.42. The highest BCUT2D eigenvalue weighted by molar-refractivity contribution is 5.97. The molecule has 0 atom stereocenters. The van der Waals surface area contributed by atoms with Gasteiger partial charge in [-0.2, -0.15) is 5.10 Å². The number of aryl methyl sites for hydroxylation is 1. The van der Waals surface area contributed by atoms with Crippen molar-refractivity contribution in [3.05, 3.63) is 47.9 Å². The van der Waals surface area contributed by atoms with Crippen molar-refractivity contribution in [3.8, 4) is 0 Å². The molecule has 0 aliphatic carbocycles. The van der Waals surface area contributed by atoms with Crippen LogP contribution >= 0.6 is 0 Å². The van der Waals surface area contributed by atoms with Crippen molar-refractivity contribution in [1.29, 1.82) is 0 Å². The van der Waals surface area contributed by atoms with E-state index in [1.807, 2.05) is 24.4 Å². The number of carbonyl (C=O) groups is 1. The number of para-hydroxylation sites is 1. The Bertz CT molecular complexity index is 786. The molecule has 4 N–H and O–H groups in total. The lowest BCUT2D eigenvalue weighted by Gasteiger charge is -2.03. The lowest BCUT2D eigenvalue weighted by atomic mass is 10.1. The van der Waals surface area contributed by atoms with Gasteiger partial charge in [0.2, 0.25) is 0 Å². The molecule has 0 fully saturated rings. The van der Waals surface area contributed by atoms with E-state index in [0.29, 0.717) is 12.2 Å². The summed E-state index contributed by atoms with van der Waals surface area (Å²) in [5, 5.41) is 8.08. The molecule has 0 spiro atoms. The fourth-order valence-electron chi connectivity index (χ4n) is 2.42. The fraction of sp³-hybridized carbons (Fsp3) is 0.200. The molecule has 108 valence electrons. The van der Waals surface area contributed by atoms with E-state index in [0.717, 1.165) is 11.9 Å². The second kappa shape index (κ2) is 5.32. The zero-order chi connectivity index (χ0) is 14.8. The number of amides is 1. The van der Waals surface area contributed by atoms with Crippen LogP contribution in [0.5, 0.6) is 0 Å². The Morgan fingerprint density at radius 1 is 1.43 bits per heavy atom. The van der Waals surface area contributed by atoms with Crippen molar-refractivity contribution in [3.63, 3.8) is 0 Å². The maximum Gasteiger partial charge on any atom is 0.273 e. The summed E-state index contributed by atoms with van der Waals surface area (Å²) in [5.41, 5.74) is 8.68. The average molecular weight is 283 g/mol. The third-order valence-electron chi connectivity index (χ3n) is 3.43. The highest BCUT2D eigenvalue weighted by Gasteiger charge is 2.13. The third-order valence-corrected chi connectivity index (χ3v) is 3.43. The number of nitrogen functional groups attached to an aromatic ring is 1. The van der Waals surface area contributed by atoms with Gasteiger partial charge in [-0.05, 0) is 18.1 Å². The third kappa shape index (κ3) is 2.60. The van der Waals surface area contributed by atoms with Crippen LogP contribution in [0.25, 0.3) is 10.9 Å². The van der Waals surface area contributed by atoms with Crippen LogP contribution in [-0.4, -0.2) is 27.2 Å². The van der Waals surface area contributed by atoms with Crippen LogP contribution in [0.15, 0.2) is 36.7 Å². The number of nitrogens with two attached hydrogens (primary N) is 1. The normalized spacial score (nSPS) is 10.9. The number of fused-ring (bicyclic) bond motifs is 1. The van der Waals surface area contributed by atoms with Crippen molar-refractivity contribution in [2.24, 2.45) is 7.05 Å². The molecule has 0 bridgehead atoms. The number of aromatic amines is 1. The molecule has 6 nitrogen and oxygen atoms in total. The molecule has 3 aromatic rings. The molecule has 0 radical (unpaired) electrons. The van der Waals surface area contributed by atoms with Crippen molar-refractivity contribution in [2.45, 2.75) is 6.42 Å². The number of nitrogens with one attached hydrogen (secondary N) is 2. The Labute approximate surface area is 121 Å². The number of aromatic nitrogens is 3. The first-order valence-corrected chi connectivity index (χ1v) is 6.77. The minimum absolute atomic E-state index is 0.243. The van der Waals surface area contributed by atoms with Gasteiger partial charge >= 0.3 is 0 Å². The first kappa shape index (κ1) is 13.2. The zero-order valence-electron chi connectivity index (χ0n) is 11.8. The van der Waals surface area contributed by atoms with Crippen LogP contribution in [0.4, 0.5) is 5.69 Å². The summed E-state index contributed by atoms with van der Waals surface area (Å²) in [5.74, 6) is -0.243. The SMILES string of the molecule is Cn1cc(N)c(C(=O)NCCc2c[nH]c3ccccc23)n1. The van der Waals surface area contributed by atoms with Gasteiger partial charge in [-0.3, -0.25) is 9.48 Å². The second-order valence-corrected chi connectivity index (χ2v) is 4.97. The predicted octanol–water partition coefficient (Wildman–Crippen LogP) is 1.46. The number of carbonyl (C=O) groups excluding carboxylic acids is 1. The highest BCUT2D eigenvalue weighted by Crippen LogP contribution is 2.17. The van der Waals surface area contributed by atoms with Crippen molar-refractivity contribution in [2.75, 3.05) is 12.3 Å². The maximum absolute atomic E-state index is 12.0. The monoisotopic (exact) mass is 283 g/mol. The molecule has 6 heteroatoms. The van der Waals surface area contributed by atoms with E-state index in [1.165, 1.54) is 15.6 Å². The van der Waals surface area contributed by atoms with Crippen molar-refractivity contribution in [1.82, 2.24) is 20.1 Å². The summed E-state index contributed by atoms with van der Waals surface area (Å²) in [4.78, 5) is 15.2. The topological polar surface area (TPSA) is 88.7 Å². The van der Waals surface area contributed by atoms with Crippen LogP contribution in [0.2, 0.25) is 0 Å². The molecule has 21 heavy (non-hydrogen) atoms. The van der Waals surface area contributed by atoms with E-state index in [9.17, 15) is 4.79 Å². The highest BCUT2D eigenvalue weighted by atomic mass is 16.1.